The van der Waals surface area contributed by atoms with Gasteiger partial charge in [-0.25, -0.2) is 4.79 Å². The number of rotatable bonds is 3. The van der Waals surface area contributed by atoms with E-state index in [9.17, 15) is 4.79 Å². The highest BCUT2D eigenvalue weighted by molar-refractivity contribution is 5.78. The summed E-state index contributed by atoms with van der Waals surface area (Å²) in [7, 11) is 1.89. The van der Waals surface area contributed by atoms with Crippen molar-refractivity contribution in [3.8, 4) is 11.3 Å². The lowest BCUT2D eigenvalue weighted by molar-refractivity contribution is 0.555. The third-order valence-corrected chi connectivity index (χ3v) is 3.09. The van der Waals surface area contributed by atoms with Crippen molar-refractivity contribution < 1.29 is 4.42 Å². The van der Waals surface area contributed by atoms with Crippen LogP contribution in [0.2, 0.25) is 0 Å². The molecule has 0 aliphatic rings. The number of hydrogen-bond acceptors (Lipinski definition) is 4. The predicted octanol–water partition coefficient (Wildman–Crippen LogP) is 1.02. The van der Waals surface area contributed by atoms with E-state index in [1.165, 1.54) is 0 Å². The number of fused-ring (bicyclic) bond motifs is 1. The SMILES string of the molecule is Cn1nc(-c2ccc3[nH]c(=O)oc3c2)cc1CCN. The van der Waals surface area contributed by atoms with E-state index in [1.807, 2.05) is 36.0 Å². The Labute approximate surface area is 108 Å². The molecule has 6 nitrogen and oxygen atoms in total. The molecule has 0 radical (unpaired) electrons. The number of hydrogen-bond donors (Lipinski definition) is 2. The van der Waals surface area contributed by atoms with Crippen molar-refractivity contribution in [2.24, 2.45) is 12.8 Å². The van der Waals surface area contributed by atoms with Gasteiger partial charge < -0.3 is 10.2 Å². The number of H-pyrrole nitrogens is 1. The van der Waals surface area contributed by atoms with Crippen LogP contribution in [0.25, 0.3) is 22.4 Å². The lowest BCUT2D eigenvalue weighted by Crippen LogP contribution is -2.06. The Kier molecular flexibility index (Phi) is 2.72. The van der Waals surface area contributed by atoms with Crippen LogP contribution in [0.15, 0.2) is 33.5 Å². The molecule has 3 aromatic rings. The first kappa shape index (κ1) is 11.7. The largest absolute Gasteiger partial charge is 0.417 e. The van der Waals surface area contributed by atoms with Gasteiger partial charge in [-0.1, -0.05) is 6.07 Å². The van der Waals surface area contributed by atoms with Gasteiger partial charge in [0.15, 0.2) is 5.58 Å². The Bertz CT molecular complexity index is 781. The van der Waals surface area contributed by atoms with Gasteiger partial charge in [0.25, 0.3) is 0 Å². The van der Waals surface area contributed by atoms with E-state index in [-0.39, 0.29) is 0 Å². The zero-order chi connectivity index (χ0) is 13.4. The topological polar surface area (TPSA) is 89.8 Å². The zero-order valence-electron chi connectivity index (χ0n) is 10.5. The normalized spacial score (nSPS) is 11.3. The first-order valence-electron chi connectivity index (χ1n) is 6.03. The molecular weight excluding hydrogens is 244 g/mol. The summed E-state index contributed by atoms with van der Waals surface area (Å²) in [6, 6.07) is 7.52. The Morgan fingerprint density at radius 2 is 2.26 bits per heavy atom. The van der Waals surface area contributed by atoms with Gasteiger partial charge in [0.1, 0.15) is 0 Å². The van der Waals surface area contributed by atoms with Crippen LogP contribution in [0.4, 0.5) is 0 Å². The van der Waals surface area contributed by atoms with Gasteiger partial charge in [-0.05, 0) is 24.7 Å². The van der Waals surface area contributed by atoms with Crippen molar-refractivity contribution in [3.05, 3.63) is 40.5 Å². The monoisotopic (exact) mass is 258 g/mol. The molecule has 0 atom stereocenters. The lowest BCUT2D eigenvalue weighted by Gasteiger charge is -1.96. The molecule has 3 rings (SSSR count). The average molecular weight is 258 g/mol. The highest BCUT2D eigenvalue weighted by Gasteiger charge is 2.09. The molecule has 0 bridgehead atoms. The van der Waals surface area contributed by atoms with Crippen LogP contribution in [0, 0.1) is 0 Å². The smallest absolute Gasteiger partial charge is 0.408 e. The molecule has 0 aliphatic heterocycles. The second kappa shape index (κ2) is 4.40. The summed E-state index contributed by atoms with van der Waals surface area (Å²) in [5.41, 5.74) is 9.61. The second-order valence-corrected chi connectivity index (χ2v) is 4.41. The molecule has 98 valence electrons. The summed E-state index contributed by atoms with van der Waals surface area (Å²) >= 11 is 0. The lowest BCUT2D eigenvalue weighted by atomic mass is 10.1. The fraction of sp³-hybridized carbons (Fsp3) is 0.231. The molecule has 0 amide bonds. The molecule has 0 saturated carbocycles. The van der Waals surface area contributed by atoms with Crippen molar-refractivity contribution in [1.29, 1.82) is 0 Å². The van der Waals surface area contributed by atoms with Crippen molar-refractivity contribution in [2.75, 3.05) is 6.54 Å². The Morgan fingerprint density at radius 3 is 3.05 bits per heavy atom. The third-order valence-electron chi connectivity index (χ3n) is 3.09. The van der Waals surface area contributed by atoms with Gasteiger partial charge >= 0.3 is 5.76 Å². The van der Waals surface area contributed by atoms with E-state index in [1.54, 1.807) is 0 Å². The van der Waals surface area contributed by atoms with Gasteiger partial charge in [0, 0.05) is 24.7 Å². The number of nitrogens with two attached hydrogens (primary N) is 1. The van der Waals surface area contributed by atoms with Crippen molar-refractivity contribution >= 4 is 11.1 Å². The average Bonchev–Trinajstić information content (AvgIpc) is 2.91. The van der Waals surface area contributed by atoms with Gasteiger partial charge in [0.05, 0.1) is 11.2 Å². The van der Waals surface area contributed by atoms with E-state index >= 15 is 0 Å². The van der Waals surface area contributed by atoms with Crippen molar-refractivity contribution in [2.45, 2.75) is 6.42 Å². The van der Waals surface area contributed by atoms with Crippen LogP contribution in [-0.4, -0.2) is 21.3 Å². The third kappa shape index (κ3) is 2.06. The molecule has 19 heavy (non-hydrogen) atoms. The van der Waals surface area contributed by atoms with Crippen molar-refractivity contribution in [3.63, 3.8) is 0 Å². The summed E-state index contributed by atoms with van der Waals surface area (Å²) in [6.07, 6.45) is 0.783. The second-order valence-electron chi connectivity index (χ2n) is 4.41. The Morgan fingerprint density at radius 1 is 1.42 bits per heavy atom. The number of benzene rings is 1. The maximum Gasteiger partial charge on any atom is 0.417 e. The quantitative estimate of drug-likeness (QED) is 0.734. The van der Waals surface area contributed by atoms with E-state index in [4.69, 9.17) is 10.2 Å². The number of oxazole rings is 1. The highest BCUT2D eigenvalue weighted by Crippen LogP contribution is 2.22. The van der Waals surface area contributed by atoms with Crippen LogP contribution < -0.4 is 11.5 Å². The summed E-state index contributed by atoms with van der Waals surface area (Å²) in [5.74, 6) is -0.447. The standard InChI is InChI=1S/C13H14N4O2/c1-17-9(4-5-14)7-11(16-17)8-2-3-10-12(6-8)19-13(18)15-10/h2-3,6-7H,4-5,14H2,1H3,(H,15,18). The van der Waals surface area contributed by atoms with Crippen LogP contribution >= 0.6 is 0 Å². The molecule has 1 aromatic carbocycles. The molecule has 0 fully saturated rings. The number of nitrogens with one attached hydrogen (secondary N) is 1. The molecular formula is C13H14N4O2. The molecule has 2 heterocycles. The summed E-state index contributed by atoms with van der Waals surface area (Å²) in [6.45, 7) is 0.588. The van der Waals surface area contributed by atoms with Gasteiger partial charge in [-0.2, -0.15) is 5.10 Å². The minimum atomic E-state index is -0.447. The van der Waals surface area contributed by atoms with E-state index in [2.05, 4.69) is 10.1 Å². The number of aryl methyl sites for hydroxylation is 1. The zero-order valence-corrected chi connectivity index (χ0v) is 10.5. The van der Waals surface area contributed by atoms with Crippen LogP contribution in [0.5, 0.6) is 0 Å². The molecule has 0 unspecified atom stereocenters. The maximum absolute atomic E-state index is 11.1. The minimum absolute atomic E-state index is 0.447. The van der Waals surface area contributed by atoms with Gasteiger partial charge in [-0.15, -0.1) is 0 Å². The first-order valence-corrected chi connectivity index (χ1v) is 6.03. The van der Waals surface area contributed by atoms with Crippen LogP contribution in [0.1, 0.15) is 5.69 Å². The number of aromatic amines is 1. The number of aromatic nitrogens is 3. The van der Waals surface area contributed by atoms with Gasteiger partial charge in [0.2, 0.25) is 0 Å². The van der Waals surface area contributed by atoms with Gasteiger partial charge in [-0.3, -0.25) is 9.67 Å². The molecule has 0 aliphatic carbocycles. The molecule has 2 aromatic heterocycles. The fourth-order valence-electron chi connectivity index (χ4n) is 2.13. The summed E-state index contributed by atoms with van der Waals surface area (Å²) in [4.78, 5) is 13.7. The highest BCUT2D eigenvalue weighted by atomic mass is 16.4. The predicted molar refractivity (Wildman–Crippen MR) is 71.8 cm³/mol. The maximum atomic E-state index is 11.1. The van der Waals surface area contributed by atoms with E-state index < -0.39 is 5.76 Å². The summed E-state index contributed by atoms with van der Waals surface area (Å²) < 4.78 is 6.87. The van der Waals surface area contributed by atoms with E-state index in [0.29, 0.717) is 17.6 Å². The Hall–Kier alpha value is -2.34. The molecule has 0 spiro atoms. The minimum Gasteiger partial charge on any atom is -0.408 e. The summed E-state index contributed by atoms with van der Waals surface area (Å²) in [5, 5.41) is 4.44. The fourth-order valence-corrected chi connectivity index (χ4v) is 2.13. The van der Waals surface area contributed by atoms with Crippen LogP contribution in [0.3, 0.4) is 0 Å². The van der Waals surface area contributed by atoms with Crippen molar-refractivity contribution in [1.82, 2.24) is 14.8 Å². The number of nitrogens with zero attached hydrogens (tertiary/aromatic N) is 2. The molecule has 3 N–H and O–H groups in total. The molecule has 0 saturated heterocycles. The van der Waals surface area contributed by atoms with E-state index in [0.717, 1.165) is 23.4 Å². The molecule has 6 heteroatoms. The Balaban J connectivity index is 2.07. The van der Waals surface area contributed by atoms with Crippen LogP contribution in [-0.2, 0) is 13.5 Å². The first-order chi connectivity index (χ1) is 9.17.